The molecule has 2 atom stereocenters. The first-order chi connectivity index (χ1) is 12.9. The fourth-order valence-corrected chi connectivity index (χ4v) is 4.97. The van der Waals surface area contributed by atoms with Crippen molar-refractivity contribution in [2.24, 2.45) is 11.8 Å². The number of piperidine rings is 1. The molecule has 8 heteroatoms. The van der Waals surface area contributed by atoms with Crippen molar-refractivity contribution in [3.8, 4) is 0 Å². The van der Waals surface area contributed by atoms with Gasteiger partial charge >= 0.3 is 11.9 Å². The molecule has 2 aromatic rings. The zero-order chi connectivity index (χ0) is 19.6. The Hall–Kier alpha value is -2.45. The number of hydrogen-bond donors (Lipinski definition) is 0. The van der Waals surface area contributed by atoms with Crippen LogP contribution < -0.4 is 0 Å². The van der Waals surface area contributed by atoms with Crippen LogP contribution in [0.15, 0.2) is 47.4 Å². The van der Waals surface area contributed by atoms with Crippen LogP contribution in [0.25, 0.3) is 10.8 Å². The second-order valence-electron chi connectivity index (χ2n) is 6.51. The van der Waals surface area contributed by atoms with Gasteiger partial charge in [0.1, 0.15) is 0 Å². The van der Waals surface area contributed by atoms with E-state index in [0.29, 0.717) is 0 Å². The van der Waals surface area contributed by atoms with E-state index in [-0.39, 0.29) is 24.4 Å². The van der Waals surface area contributed by atoms with Gasteiger partial charge in [0.25, 0.3) is 0 Å². The molecule has 0 bridgehead atoms. The highest BCUT2D eigenvalue weighted by Crippen LogP contribution is 2.30. The van der Waals surface area contributed by atoms with Gasteiger partial charge in [-0.3, -0.25) is 9.59 Å². The molecule has 0 unspecified atom stereocenters. The number of ether oxygens (including phenoxy) is 2. The van der Waals surface area contributed by atoms with Gasteiger partial charge in [-0.2, -0.15) is 4.31 Å². The van der Waals surface area contributed by atoms with E-state index in [0.717, 1.165) is 10.8 Å². The van der Waals surface area contributed by atoms with E-state index in [1.54, 1.807) is 12.1 Å². The molecule has 0 radical (unpaired) electrons. The van der Waals surface area contributed by atoms with E-state index < -0.39 is 33.8 Å². The van der Waals surface area contributed by atoms with Gasteiger partial charge in [-0.05, 0) is 29.3 Å². The largest absolute Gasteiger partial charge is 0.469 e. The smallest absolute Gasteiger partial charge is 0.310 e. The molecule has 1 heterocycles. The average Bonchev–Trinajstić information content (AvgIpc) is 2.71. The highest BCUT2D eigenvalue weighted by atomic mass is 32.2. The Morgan fingerprint density at radius 1 is 0.926 bits per heavy atom. The van der Waals surface area contributed by atoms with Crippen LogP contribution in [0.4, 0.5) is 0 Å². The molecule has 0 spiro atoms. The number of hydrogen-bond acceptors (Lipinski definition) is 6. The number of esters is 2. The third-order valence-corrected chi connectivity index (χ3v) is 6.67. The predicted molar refractivity (Wildman–Crippen MR) is 98.3 cm³/mol. The molecule has 0 aromatic heterocycles. The Balaban J connectivity index is 1.96. The molecule has 0 saturated carbocycles. The van der Waals surface area contributed by atoms with Gasteiger partial charge in [0.05, 0.1) is 31.0 Å². The van der Waals surface area contributed by atoms with Crippen molar-refractivity contribution in [2.45, 2.75) is 11.3 Å². The van der Waals surface area contributed by atoms with Gasteiger partial charge in [-0.25, -0.2) is 8.42 Å². The van der Waals surface area contributed by atoms with Crippen LogP contribution in [-0.4, -0.2) is 52.0 Å². The first-order valence-corrected chi connectivity index (χ1v) is 9.95. The number of nitrogens with zero attached hydrogens (tertiary/aromatic N) is 1. The minimum atomic E-state index is -3.89. The highest BCUT2D eigenvalue weighted by molar-refractivity contribution is 7.89. The highest BCUT2D eigenvalue weighted by Gasteiger charge is 2.41. The summed E-state index contributed by atoms with van der Waals surface area (Å²) in [5.74, 6) is -2.52. The monoisotopic (exact) mass is 391 g/mol. The number of fused-ring (bicyclic) bond motifs is 1. The fraction of sp³-hybridized carbons (Fsp3) is 0.368. The van der Waals surface area contributed by atoms with Crippen LogP contribution in [0.2, 0.25) is 0 Å². The summed E-state index contributed by atoms with van der Waals surface area (Å²) in [5, 5.41) is 1.72. The molecule has 1 aliphatic heterocycles. The lowest BCUT2D eigenvalue weighted by Gasteiger charge is -2.34. The third-order valence-electron chi connectivity index (χ3n) is 4.84. The number of carbonyl (C=O) groups excluding carboxylic acids is 2. The van der Waals surface area contributed by atoms with Crippen LogP contribution in [0.5, 0.6) is 0 Å². The lowest BCUT2D eigenvalue weighted by atomic mass is 9.90. The average molecular weight is 391 g/mol. The first kappa shape index (κ1) is 19.3. The molecule has 2 aromatic carbocycles. The van der Waals surface area contributed by atoms with E-state index in [4.69, 9.17) is 9.47 Å². The summed E-state index contributed by atoms with van der Waals surface area (Å²) in [4.78, 5) is 24.1. The predicted octanol–water partition coefficient (Wildman–Crippen LogP) is 1.81. The van der Waals surface area contributed by atoms with Gasteiger partial charge in [0.15, 0.2) is 0 Å². The maximum absolute atomic E-state index is 13.2. The van der Waals surface area contributed by atoms with E-state index >= 15 is 0 Å². The topological polar surface area (TPSA) is 90.0 Å². The quantitative estimate of drug-likeness (QED) is 0.739. The van der Waals surface area contributed by atoms with E-state index in [1.807, 2.05) is 24.3 Å². The first-order valence-electron chi connectivity index (χ1n) is 8.51. The van der Waals surface area contributed by atoms with Crippen molar-refractivity contribution in [3.05, 3.63) is 42.5 Å². The normalized spacial score (nSPS) is 21.0. The van der Waals surface area contributed by atoms with Gasteiger partial charge in [-0.1, -0.05) is 30.3 Å². The summed E-state index contributed by atoms with van der Waals surface area (Å²) < 4.78 is 37.0. The van der Waals surface area contributed by atoms with Crippen LogP contribution in [0, 0.1) is 11.8 Å². The second-order valence-corrected chi connectivity index (χ2v) is 8.44. The van der Waals surface area contributed by atoms with Gasteiger partial charge in [-0.15, -0.1) is 0 Å². The summed E-state index contributed by atoms with van der Waals surface area (Å²) in [6.45, 7) is -0.0648. The maximum atomic E-state index is 13.2. The van der Waals surface area contributed by atoms with Crippen molar-refractivity contribution >= 4 is 32.7 Å². The molecule has 0 amide bonds. The molecule has 1 fully saturated rings. The van der Waals surface area contributed by atoms with Crippen molar-refractivity contribution in [3.63, 3.8) is 0 Å². The number of carbonyl (C=O) groups is 2. The van der Waals surface area contributed by atoms with Crippen molar-refractivity contribution in [2.75, 3.05) is 27.3 Å². The van der Waals surface area contributed by atoms with Gasteiger partial charge in [0.2, 0.25) is 10.0 Å². The minimum absolute atomic E-state index is 0.0324. The Bertz CT molecular complexity index is 947. The number of rotatable bonds is 4. The molecule has 1 aliphatic rings. The van der Waals surface area contributed by atoms with Crippen molar-refractivity contribution in [1.29, 1.82) is 0 Å². The van der Waals surface area contributed by atoms with Crippen molar-refractivity contribution in [1.82, 2.24) is 4.31 Å². The Morgan fingerprint density at radius 3 is 2.04 bits per heavy atom. The summed E-state index contributed by atoms with van der Waals surface area (Å²) in [7, 11) is -1.40. The van der Waals surface area contributed by atoms with Crippen molar-refractivity contribution < 1.29 is 27.5 Å². The van der Waals surface area contributed by atoms with E-state index in [2.05, 4.69) is 0 Å². The zero-order valence-corrected chi connectivity index (χ0v) is 15.9. The molecule has 27 heavy (non-hydrogen) atoms. The lowest BCUT2D eigenvalue weighted by molar-refractivity contribution is -0.152. The molecular weight excluding hydrogens is 370 g/mol. The number of benzene rings is 2. The summed E-state index contributed by atoms with van der Waals surface area (Å²) >= 11 is 0. The SMILES string of the molecule is COC(=O)[C@@H]1C[C@H](C(=O)OC)CN(S(=O)(=O)c2ccc3ccccc3c2)C1. The summed E-state index contributed by atoms with van der Waals surface area (Å²) in [6, 6.07) is 12.3. The van der Waals surface area contributed by atoms with Crippen LogP contribution in [0.1, 0.15) is 6.42 Å². The van der Waals surface area contributed by atoms with E-state index in [1.165, 1.54) is 24.6 Å². The Morgan fingerprint density at radius 2 is 1.48 bits per heavy atom. The lowest BCUT2D eigenvalue weighted by Crippen LogP contribution is -2.48. The molecule has 0 N–H and O–H groups in total. The molecule has 0 aliphatic carbocycles. The molecular formula is C19H21NO6S. The minimum Gasteiger partial charge on any atom is -0.469 e. The van der Waals surface area contributed by atoms with Gasteiger partial charge in [0, 0.05) is 13.1 Å². The van der Waals surface area contributed by atoms with E-state index in [9.17, 15) is 18.0 Å². The fourth-order valence-electron chi connectivity index (χ4n) is 3.41. The third kappa shape index (κ3) is 3.81. The Kier molecular flexibility index (Phi) is 5.48. The zero-order valence-electron chi connectivity index (χ0n) is 15.1. The standard InChI is InChI=1S/C19H21NO6S/c1-25-18(21)15-9-16(19(22)26-2)12-20(11-15)27(23,24)17-8-7-13-5-3-4-6-14(13)10-17/h3-8,10,15-16H,9,11-12H2,1-2H3/t15-,16+. The van der Waals surface area contributed by atoms with Crippen LogP contribution >= 0.6 is 0 Å². The summed E-state index contributed by atoms with van der Waals surface area (Å²) in [5.41, 5.74) is 0. The van der Waals surface area contributed by atoms with Crippen LogP contribution in [-0.2, 0) is 29.1 Å². The van der Waals surface area contributed by atoms with Gasteiger partial charge < -0.3 is 9.47 Å². The number of sulfonamides is 1. The maximum Gasteiger partial charge on any atom is 0.310 e. The Labute approximate surface area is 157 Å². The molecule has 3 rings (SSSR count). The van der Waals surface area contributed by atoms with Crippen LogP contribution in [0.3, 0.4) is 0 Å². The molecule has 1 saturated heterocycles. The molecule has 7 nitrogen and oxygen atoms in total. The number of methoxy groups -OCH3 is 2. The second kappa shape index (κ2) is 7.66. The molecule has 144 valence electrons. The summed E-state index contributed by atoms with van der Waals surface area (Å²) in [6.07, 6.45) is 0.198.